The van der Waals surface area contributed by atoms with Crippen LogP contribution in [0.3, 0.4) is 0 Å². The molecule has 1 fully saturated rings. The summed E-state index contributed by atoms with van der Waals surface area (Å²) in [7, 11) is 0. The molecule has 27 heavy (non-hydrogen) atoms. The van der Waals surface area contributed by atoms with Crippen molar-refractivity contribution >= 4 is 17.5 Å². The van der Waals surface area contributed by atoms with Crippen LogP contribution in [0.1, 0.15) is 30.1 Å². The van der Waals surface area contributed by atoms with Gasteiger partial charge in [0.05, 0.1) is 19.1 Å². The van der Waals surface area contributed by atoms with Crippen LogP contribution in [0.2, 0.25) is 5.02 Å². The molecule has 1 saturated heterocycles. The van der Waals surface area contributed by atoms with Crippen molar-refractivity contribution in [3.8, 4) is 0 Å². The van der Waals surface area contributed by atoms with E-state index < -0.39 is 0 Å². The maximum Gasteiger partial charge on any atom is 0.224 e. The van der Waals surface area contributed by atoms with Gasteiger partial charge >= 0.3 is 0 Å². The first kappa shape index (κ1) is 19.9. The van der Waals surface area contributed by atoms with Crippen LogP contribution < -0.4 is 5.32 Å². The summed E-state index contributed by atoms with van der Waals surface area (Å²) in [5, 5.41) is 3.69. The molecule has 2 aromatic carbocycles. The topological polar surface area (TPSA) is 41.6 Å². The summed E-state index contributed by atoms with van der Waals surface area (Å²) < 4.78 is 5.91. The second-order valence-corrected chi connectivity index (χ2v) is 7.37. The fraction of sp³-hybridized carbons (Fsp3) is 0.409. The van der Waals surface area contributed by atoms with Crippen molar-refractivity contribution in [2.45, 2.75) is 25.4 Å². The second-order valence-electron chi connectivity index (χ2n) is 6.93. The van der Waals surface area contributed by atoms with Crippen LogP contribution in [0.5, 0.6) is 0 Å². The SMILES string of the molecule is O=C(Cc1ccc(Cl)cc1)NCCCCN1CCO[C@H](c2ccccc2)C1. The molecule has 0 aromatic heterocycles. The minimum absolute atomic E-state index is 0.0628. The lowest BCUT2D eigenvalue weighted by Gasteiger charge is -2.33. The van der Waals surface area contributed by atoms with Crippen molar-refractivity contribution in [1.29, 1.82) is 0 Å². The average Bonchev–Trinajstić information content (AvgIpc) is 2.70. The van der Waals surface area contributed by atoms with Gasteiger partial charge in [-0.25, -0.2) is 0 Å². The average molecular weight is 387 g/mol. The lowest BCUT2D eigenvalue weighted by Crippen LogP contribution is -2.39. The van der Waals surface area contributed by atoms with Crippen LogP contribution in [-0.2, 0) is 16.0 Å². The smallest absolute Gasteiger partial charge is 0.224 e. The van der Waals surface area contributed by atoms with Gasteiger partial charge in [-0.15, -0.1) is 0 Å². The van der Waals surface area contributed by atoms with Gasteiger partial charge in [0.2, 0.25) is 5.91 Å². The number of nitrogens with zero attached hydrogens (tertiary/aromatic N) is 1. The van der Waals surface area contributed by atoms with Gasteiger partial charge in [-0.05, 0) is 42.6 Å². The van der Waals surface area contributed by atoms with Crippen LogP contribution in [0.4, 0.5) is 0 Å². The highest BCUT2D eigenvalue weighted by Crippen LogP contribution is 2.22. The Morgan fingerprint density at radius 1 is 1.11 bits per heavy atom. The molecule has 0 unspecified atom stereocenters. The standard InChI is InChI=1S/C22H27ClN2O2/c23-20-10-8-18(9-11-20)16-22(26)24-12-4-5-13-25-14-15-27-21(17-25)19-6-2-1-3-7-19/h1-3,6-11,21H,4-5,12-17H2,(H,24,26)/t21-/m0/s1. The van der Waals surface area contributed by atoms with Crippen LogP contribution in [0.15, 0.2) is 54.6 Å². The normalized spacial score (nSPS) is 17.6. The molecule has 1 N–H and O–H groups in total. The summed E-state index contributed by atoms with van der Waals surface area (Å²) >= 11 is 5.86. The third kappa shape index (κ3) is 6.65. The van der Waals surface area contributed by atoms with Crippen molar-refractivity contribution in [2.75, 3.05) is 32.8 Å². The van der Waals surface area contributed by atoms with Crippen molar-refractivity contribution in [3.63, 3.8) is 0 Å². The Balaban J connectivity index is 1.30. The van der Waals surface area contributed by atoms with E-state index in [1.807, 2.05) is 30.3 Å². The number of morpholine rings is 1. The van der Waals surface area contributed by atoms with E-state index in [0.29, 0.717) is 11.4 Å². The number of unbranched alkanes of at least 4 members (excludes halogenated alkanes) is 1. The molecule has 1 aliphatic rings. The molecule has 0 spiro atoms. The van der Waals surface area contributed by atoms with Crippen molar-refractivity contribution in [3.05, 3.63) is 70.7 Å². The van der Waals surface area contributed by atoms with E-state index in [1.165, 1.54) is 5.56 Å². The van der Waals surface area contributed by atoms with E-state index in [9.17, 15) is 4.79 Å². The van der Waals surface area contributed by atoms with Gasteiger partial charge < -0.3 is 10.1 Å². The number of hydrogen-bond acceptors (Lipinski definition) is 3. The molecule has 0 aliphatic carbocycles. The predicted molar refractivity (Wildman–Crippen MR) is 109 cm³/mol. The third-order valence-electron chi connectivity index (χ3n) is 4.82. The van der Waals surface area contributed by atoms with Gasteiger partial charge in [0.1, 0.15) is 0 Å². The van der Waals surface area contributed by atoms with E-state index in [-0.39, 0.29) is 12.0 Å². The van der Waals surface area contributed by atoms with Crippen molar-refractivity contribution in [1.82, 2.24) is 10.2 Å². The summed E-state index contributed by atoms with van der Waals surface area (Å²) in [5.74, 6) is 0.0628. The minimum Gasteiger partial charge on any atom is -0.371 e. The molecule has 1 amide bonds. The number of carbonyl (C=O) groups is 1. The van der Waals surface area contributed by atoms with Crippen LogP contribution in [0, 0.1) is 0 Å². The van der Waals surface area contributed by atoms with Crippen molar-refractivity contribution < 1.29 is 9.53 Å². The number of halogens is 1. The number of amides is 1. The van der Waals surface area contributed by atoms with Crippen LogP contribution in [-0.4, -0.2) is 43.6 Å². The Bertz CT molecular complexity index is 706. The Morgan fingerprint density at radius 2 is 1.89 bits per heavy atom. The van der Waals surface area contributed by atoms with Crippen LogP contribution >= 0.6 is 11.6 Å². The van der Waals surface area contributed by atoms with Gasteiger partial charge in [0.15, 0.2) is 0 Å². The van der Waals surface area contributed by atoms with E-state index >= 15 is 0 Å². The summed E-state index contributed by atoms with van der Waals surface area (Å²) in [4.78, 5) is 14.4. The highest BCUT2D eigenvalue weighted by Gasteiger charge is 2.21. The number of rotatable bonds is 8. The lowest BCUT2D eigenvalue weighted by atomic mass is 10.1. The maximum atomic E-state index is 12.0. The molecule has 0 bridgehead atoms. The monoisotopic (exact) mass is 386 g/mol. The molecule has 144 valence electrons. The van der Waals surface area contributed by atoms with Crippen molar-refractivity contribution in [2.24, 2.45) is 0 Å². The van der Waals surface area contributed by atoms with Gasteiger partial charge in [-0.3, -0.25) is 9.69 Å². The van der Waals surface area contributed by atoms with E-state index in [2.05, 4.69) is 34.5 Å². The highest BCUT2D eigenvalue weighted by molar-refractivity contribution is 6.30. The molecular weight excluding hydrogens is 360 g/mol. The van der Waals surface area contributed by atoms with E-state index in [0.717, 1.165) is 51.2 Å². The number of ether oxygens (including phenoxy) is 1. The quantitative estimate of drug-likeness (QED) is 0.700. The van der Waals surface area contributed by atoms with Gasteiger partial charge in [0.25, 0.3) is 0 Å². The second kappa shape index (κ2) is 10.5. The Labute approximate surface area is 166 Å². The molecule has 2 aromatic rings. The molecule has 1 aliphatic heterocycles. The molecule has 5 heteroatoms. The molecule has 1 atom stereocenters. The molecule has 0 radical (unpaired) electrons. The third-order valence-corrected chi connectivity index (χ3v) is 5.08. The number of hydrogen-bond donors (Lipinski definition) is 1. The molecular formula is C22H27ClN2O2. The summed E-state index contributed by atoms with van der Waals surface area (Å²) in [6.07, 6.45) is 2.63. The summed E-state index contributed by atoms with van der Waals surface area (Å²) in [6.45, 7) is 4.45. The largest absolute Gasteiger partial charge is 0.371 e. The molecule has 3 rings (SSSR count). The number of benzene rings is 2. The number of carbonyl (C=O) groups excluding carboxylic acids is 1. The highest BCUT2D eigenvalue weighted by atomic mass is 35.5. The zero-order valence-corrected chi connectivity index (χ0v) is 16.3. The predicted octanol–water partition coefficient (Wildman–Crippen LogP) is 3.85. The zero-order chi connectivity index (χ0) is 18.9. The summed E-state index contributed by atoms with van der Waals surface area (Å²) in [6, 6.07) is 17.8. The minimum atomic E-state index is 0.0628. The molecule has 0 saturated carbocycles. The zero-order valence-electron chi connectivity index (χ0n) is 15.6. The first-order valence-electron chi connectivity index (χ1n) is 9.61. The Kier molecular flexibility index (Phi) is 7.69. The van der Waals surface area contributed by atoms with Crippen LogP contribution in [0.25, 0.3) is 0 Å². The first-order chi connectivity index (χ1) is 13.2. The summed E-state index contributed by atoms with van der Waals surface area (Å²) in [5.41, 5.74) is 2.23. The Hall–Kier alpha value is -1.88. The van der Waals surface area contributed by atoms with E-state index in [1.54, 1.807) is 0 Å². The fourth-order valence-corrected chi connectivity index (χ4v) is 3.44. The molecule has 1 heterocycles. The lowest BCUT2D eigenvalue weighted by molar-refractivity contribution is -0.120. The first-order valence-corrected chi connectivity index (χ1v) is 9.98. The molecule has 4 nitrogen and oxygen atoms in total. The number of nitrogens with one attached hydrogen (secondary N) is 1. The Morgan fingerprint density at radius 3 is 2.67 bits per heavy atom. The van der Waals surface area contributed by atoms with Gasteiger partial charge in [-0.1, -0.05) is 54.1 Å². The van der Waals surface area contributed by atoms with Gasteiger partial charge in [0, 0.05) is 24.7 Å². The van der Waals surface area contributed by atoms with Gasteiger partial charge in [-0.2, -0.15) is 0 Å². The maximum absolute atomic E-state index is 12.0. The van der Waals surface area contributed by atoms with E-state index in [4.69, 9.17) is 16.3 Å². The fourth-order valence-electron chi connectivity index (χ4n) is 3.31.